The first-order chi connectivity index (χ1) is 15.2. The van der Waals surface area contributed by atoms with Crippen molar-refractivity contribution < 1.29 is 14.7 Å². The van der Waals surface area contributed by atoms with E-state index >= 15 is 0 Å². The molecule has 2 heterocycles. The number of likely N-dealkylation sites (N-methyl/N-ethyl adjacent to an activating group) is 1. The van der Waals surface area contributed by atoms with E-state index in [1.54, 1.807) is 13.0 Å². The summed E-state index contributed by atoms with van der Waals surface area (Å²) < 4.78 is 0. The van der Waals surface area contributed by atoms with Crippen LogP contribution in [-0.4, -0.2) is 69.4 Å². The molecular formula is C22H27N7O3. The predicted molar refractivity (Wildman–Crippen MR) is 119 cm³/mol. The van der Waals surface area contributed by atoms with Crippen LogP contribution in [0.15, 0.2) is 24.7 Å². The summed E-state index contributed by atoms with van der Waals surface area (Å²) in [6, 6.07) is 3.63. The van der Waals surface area contributed by atoms with Gasteiger partial charge in [-0.1, -0.05) is 0 Å². The molecule has 0 spiro atoms. The Kier molecular flexibility index (Phi) is 7.12. The van der Waals surface area contributed by atoms with Crippen LogP contribution in [0.4, 0.5) is 11.5 Å². The summed E-state index contributed by atoms with van der Waals surface area (Å²) in [5.41, 5.74) is 1.12. The van der Waals surface area contributed by atoms with Gasteiger partial charge in [0.1, 0.15) is 12.4 Å². The third kappa shape index (κ3) is 5.84. The first kappa shape index (κ1) is 23.2. The Balaban J connectivity index is 1.73. The van der Waals surface area contributed by atoms with Crippen molar-refractivity contribution >= 4 is 23.7 Å². The minimum absolute atomic E-state index is 0.178. The Bertz CT molecular complexity index is 1010. The van der Waals surface area contributed by atoms with Gasteiger partial charge in [0.05, 0.1) is 29.4 Å². The quantitative estimate of drug-likeness (QED) is 0.496. The highest BCUT2D eigenvalue weighted by Gasteiger charge is 2.42. The summed E-state index contributed by atoms with van der Waals surface area (Å²) in [5.74, 6) is -0.0983. The number of aldehydes is 1. The van der Waals surface area contributed by atoms with Crippen LogP contribution in [-0.2, 0) is 9.59 Å². The Morgan fingerprint density at radius 1 is 1.34 bits per heavy atom. The maximum Gasteiger partial charge on any atom is 0.228 e. The highest BCUT2D eigenvalue weighted by Crippen LogP contribution is 2.37. The van der Waals surface area contributed by atoms with E-state index in [1.807, 2.05) is 19.0 Å². The predicted octanol–water partition coefficient (Wildman–Crippen LogP) is 1.44. The Labute approximate surface area is 186 Å². The van der Waals surface area contributed by atoms with Gasteiger partial charge in [-0.2, -0.15) is 5.26 Å². The van der Waals surface area contributed by atoms with E-state index in [2.05, 4.69) is 31.7 Å². The fourth-order valence-electron chi connectivity index (χ4n) is 3.72. The topological polar surface area (TPSA) is 144 Å². The molecule has 168 valence electrons. The zero-order chi connectivity index (χ0) is 23.3. The van der Waals surface area contributed by atoms with Crippen molar-refractivity contribution in [2.45, 2.75) is 37.8 Å². The molecule has 10 nitrogen and oxygen atoms in total. The number of nitrogens with zero attached hydrogens (tertiary/aromatic N) is 5. The fraction of sp³-hybridized carbons (Fsp3) is 0.455. The molecule has 3 rings (SSSR count). The van der Waals surface area contributed by atoms with E-state index < -0.39 is 5.60 Å². The summed E-state index contributed by atoms with van der Waals surface area (Å²) in [4.78, 5) is 38.0. The lowest BCUT2D eigenvalue weighted by atomic mass is 9.72. The van der Waals surface area contributed by atoms with Gasteiger partial charge in [0.2, 0.25) is 5.91 Å². The number of carbonyl (C=O) groups excluding carboxylic acids is 2. The SMILES string of the molecule is CN(C)C[C@H](CC=O)Nc1cc(-c2cnc(NC(=O)C3CC(C)(O)C3)cn2)cnc1C#N. The largest absolute Gasteiger partial charge is 0.390 e. The second kappa shape index (κ2) is 9.80. The number of nitrogens with one attached hydrogen (secondary N) is 2. The number of pyridine rings is 1. The van der Waals surface area contributed by atoms with Crippen LogP contribution in [0.3, 0.4) is 0 Å². The second-order valence-corrected chi connectivity index (χ2v) is 8.62. The number of hydrogen-bond donors (Lipinski definition) is 3. The number of carbonyl (C=O) groups is 2. The maximum absolute atomic E-state index is 12.2. The van der Waals surface area contributed by atoms with Gasteiger partial charge in [0.15, 0.2) is 11.5 Å². The van der Waals surface area contributed by atoms with Gasteiger partial charge in [-0.15, -0.1) is 0 Å². The average molecular weight is 438 g/mol. The Morgan fingerprint density at radius 3 is 2.66 bits per heavy atom. The van der Waals surface area contributed by atoms with Crippen molar-refractivity contribution in [1.29, 1.82) is 5.26 Å². The van der Waals surface area contributed by atoms with Crippen LogP contribution < -0.4 is 10.6 Å². The number of rotatable bonds is 9. The molecule has 2 aromatic heterocycles. The second-order valence-electron chi connectivity index (χ2n) is 8.62. The molecule has 0 saturated heterocycles. The Hall–Kier alpha value is -3.42. The molecule has 2 aromatic rings. The van der Waals surface area contributed by atoms with Crippen molar-refractivity contribution in [2.75, 3.05) is 31.3 Å². The summed E-state index contributed by atoms with van der Waals surface area (Å²) >= 11 is 0. The highest BCUT2D eigenvalue weighted by molar-refractivity contribution is 5.92. The molecule has 1 atom stereocenters. The van der Waals surface area contributed by atoms with Gasteiger partial charge in [-0.05, 0) is 39.9 Å². The summed E-state index contributed by atoms with van der Waals surface area (Å²) in [6.45, 7) is 2.32. The molecule has 1 aliphatic rings. The van der Waals surface area contributed by atoms with Gasteiger partial charge >= 0.3 is 0 Å². The first-order valence-corrected chi connectivity index (χ1v) is 10.3. The molecule has 0 radical (unpaired) electrons. The Morgan fingerprint density at radius 2 is 2.09 bits per heavy atom. The highest BCUT2D eigenvalue weighted by atomic mass is 16.3. The third-order valence-corrected chi connectivity index (χ3v) is 5.26. The van der Waals surface area contributed by atoms with Gasteiger partial charge in [0, 0.05) is 36.7 Å². The molecule has 0 unspecified atom stereocenters. The van der Waals surface area contributed by atoms with Crippen molar-refractivity contribution in [3.8, 4) is 17.3 Å². The number of anilines is 2. The van der Waals surface area contributed by atoms with Crippen LogP contribution in [0.25, 0.3) is 11.3 Å². The molecule has 1 aliphatic carbocycles. The molecule has 10 heteroatoms. The summed E-state index contributed by atoms with van der Waals surface area (Å²) in [5, 5.41) is 25.1. The van der Waals surface area contributed by atoms with Gasteiger partial charge < -0.3 is 25.4 Å². The van der Waals surface area contributed by atoms with Crippen LogP contribution in [0.2, 0.25) is 0 Å². The van der Waals surface area contributed by atoms with Gasteiger partial charge in [-0.3, -0.25) is 9.78 Å². The van der Waals surface area contributed by atoms with Crippen LogP contribution >= 0.6 is 0 Å². The van der Waals surface area contributed by atoms with E-state index in [-0.39, 0.29) is 30.0 Å². The smallest absolute Gasteiger partial charge is 0.228 e. The molecule has 1 saturated carbocycles. The zero-order valence-electron chi connectivity index (χ0n) is 18.4. The van der Waals surface area contributed by atoms with Gasteiger partial charge in [-0.25, -0.2) is 9.97 Å². The van der Waals surface area contributed by atoms with Crippen molar-refractivity contribution in [3.63, 3.8) is 0 Å². The van der Waals surface area contributed by atoms with E-state index in [0.717, 1.165) is 6.29 Å². The van der Waals surface area contributed by atoms with E-state index in [1.165, 1.54) is 18.6 Å². The monoisotopic (exact) mass is 437 g/mol. The fourth-order valence-corrected chi connectivity index (χ4v) is 3.72. The first-order valence-electron chi connectivity index (χ1n) is 10.3. The van der Waals surface area contributed by atoms with Crippen LogP contribution in [0, 0.1) is 17.2 Å². The van der Waals surface area contributed by atoms with Crippen LogP contribution in [0.1, 0.15) is 31.9 Å². The third-order valence-electron chi connectivity index (χ3n) is 5.26. The van der Waals surface area contributed by atoms with Crippen molar-refractivity contribution in [1.82, 2.24) is 19.9 Å². The van der Waals surface area contributed by atoms with Crippen molar-refractivity contribution in [3.05, 3.63) is 30.4 Å². The average Bonchev–Trinajstić information content (AvgIpc) is 2.72. The summed E-state index contributed by atoms with van der Waals surface area (Å²) in [7, 11) is 3.81. The summed E-state index contributed by atoms with van der Waals surface area (Å²) in [6.07, 6.45) is 6.49. The molecule has 1 fully saturated rings. The normalized spacial score (nSPS) is 20.7. The van der Waals surface area contributed by atoms with Gasteiger partial charge in [0.25, 0.3) is 0 Å². The minimum Gasteiger partial charge on any atom is -0.390 e. The molecule has 3 N–H and O–H groups in total. The lowest BCUT2D eigenvalue weighted by Crippen LogP contribution is -2.46. The minimum atomic E-state index is -0.775. The number of amides is 1. The van der Waals surface area contributed by atoms with E-state index in [9.17, 15) is 20.0 Å². The maximum atomic E-state index is 12.2. The lowest BCUT2D eigenvalue weighted by Gasteiger charge is -2.39. The van der Waals surface area contributed by atoms with Crippen LogP contribution in [0.5, 0.6) is 0 Å². The number of nitriles is 1. The molecule has 0 aromatic carbocycles. The molecular weight excluding hydrogens is 410 g/mol. The van der Waals surface area contributed by atoms with Crippen molar-refractivity contribution in [2.24, 2.45) is 5.92 Å². The number of aromatic nitrogens is 3. The molecule has 1 amide bonds. The molecule has 0 bridgehead atoms. The zero-order valence-corrected chi connectivity index (χ0v) is 18.4. The number of hydrogen-bond acceptors (Lipinski definition) is 9. The standard InChI is InChI=1S/C22H27N7O3/c1-22(32)7-15(8-22)21(31)28-20-12-25-19(11-26-20)14-6-17(18(9-23)24-10-14)27-16(4-5-30)13-29(2)3/h5-6,10-12,15-16,27,32H,4,7-8,13H2,1-3H3,(H,26,28,31)/t15?,16-,22?/m0/s1. The van der Waals surface area contributed by atoms with E-state index in [4.69, 9.17) is 0 Å². The number of aliphatic hydroxyl groups is 1. The molecule has 0 aliphatic heterocycles. The molecule has 32 heavy (non-hydrogen) atoms. The lowest BCUT2D eigenvalue weighted by molar-refractivity contribution is -0.133. The van der Waals surface area contributed by atoms with E-state index in [0.29, 0.717) is 42.1 Å².